The molecule has 0 radical (unpaired) electrons. The van der Waals surface area contributed by atoms with E-state index in [0.717, 1.165) is 28.1 Å². The summed E-state index contributed by atoms with van der Waals surface area (Å²) in [6.45, 7) is 2.17. The molecule has 0 bridgehead atoms. The molecule has 0 aliphatic heterocycles. The summed E-state index contributed by atoms with van der Waals surface area (Å²) in [7, 11) is 0. The van der Waals surface area contributed by atoms with Crippen LogP contribution in [0, 0.1) is 0 Å². The summed E-state index contributed by atoms with van der Waals surface area (Å²) < 4.78 is 4.96. The van der Waals surface area contributed by atoms with Crippen LogP contribution in [0.1, 0.15) is 12.5 Å². The molecule has 1 aromatic heterocycles. The summed E-state index contributed by atoms with van der Waals surface area (Å²) in [6.07, 6.45) is 3.26. The molecule has 3 nitrogen and oxygen atoms in total. The lowest BCUT2D eigenvalue weighted by atomic mass is 10.1. The third kappa shape index (κ3) is 3.63. The van der Waals surface area contributed by atoms with Gasteiger partial charge in [0, 0.05) is 17.3 Å². The molecule has 0 fully saturated rings. The lowest BCUT2D eigenvalue weighted by Gasteiger charge is -2.01. The Balaban J connectivity index is 2.02. The Hall–Kier alpha value is -3.07. The zero-order valence-corrected chi connectivity index (χ0v) is 13.5. The second kappa shape index (κ2) is 7.47. The highest BCUT2D eigenvalue weighted by Gasteiger charge is 2.10. The van der Waals surface area contributed by atoms with Crippen molar-refractivity contribution in [1.29, 1.82) is 0 Å². The quantitative estimate of drug-likeness (QED) is 0.536. The summed E-state index contributed by atoms with van der Waals surface area (Å²) in [6, 6.07) is 22.2. The van der Waals surface area contributed by atoms with Gasteiger partial charge in [0.15, 0.2) is 0 Å². The fraction of sp³-hybridized carbons (Fsp3) is 0.0952. The van der Waals surface area contributed by atoms with Crippen LogP contribution in [0.3, 0.4) is 0 Å². The molecule has 0 aliphatic rings. The van der Waals surface area contributed by atoms with E-state index < -0.39 is 0 Å². The lowest BCUT2D eigenvalue weighted by molar-refractivity contribution is -0.137. The molecule has 1 N–H and O–H groups in total. The zero-order valence-electron chi connectivity index (χ0n) is 13.5. The number of ether oxygens (including phenoxy) is 1. The van der Waals surface area contributed by atoms with E-state index in [1.54, 1.807) is 13.0 Å². The highest BCUT2D eigenvalue weighted by molar-refractivity contribution is 5.89. The maximum absolute atomic E-state index is 11.6. The first-order valence-corrected chi connectivity index (χ1v) is 7.96. The minimum Gasteiger partial charge on any atom is -0.463 e. The fourth-order valence-corrected chi connectivity index (χ4v) is 2.57. The molecule has 0 saturated carbocycles. The molecule has 0 saturated heterocycles. The van der Waals surface area contributed by atoms with Gasteiger partial charge in [-0.15, -0.1) is 0 Å². The van der Waals surface area contributed by atoms with E-state index in [1.165, 1.54) is 6.08 Å². The van der Waals surface area contributed by atoms with E-state index in [9.17, 15) is 4.79 Å². The Morgan fingerprint density at radius 2 is 1.62 bits per heavy atom. The van der Waals surface area contributed by atoms with E-state index in [1.807, 2.05) is 54.6 Å². The van der Waals surface area contributed by atoms with Crippen molar-refractivity contribution in [3.63, 3.8) is 0 Å². The predicted octanol–water partition coefficient (Wildman–Crippen LogP) is 4.93. The summed E-state index contributed by atoms with van der Waals surface area (Å²) >= 11 is 0. The molecule has 3 aromatic rings. The van der Waals surface area contributed by atoms with Crippen molar-refractivity contribution in [2.75, 3.05) is 6.61 Å². The van der Waals surface area contributed by atoms with Gasteiger partial charge >= 0.3 is 5.97 Å². The number of aromatic amines is 1. The van der Waals surface area contributed by atoms with Crippen LogP contribution in [-0.2, 0) is 9.53 Å². The van der Waals surface area contributed by atoms with Crippen LogP contribution in [0.4, 0.5) is 0 Å². The van der Waals surface area contributed by atoms with Crippen LogP contribution >= 0.6 is 0 Å². The number of benzene rings is 2. The number of hydrogen-bond donors (Lipinski definition) is 1. The van der Waals surface area contributed by atoms with Crippen molar-refractivity contribution < 1.29 is 9.53 Å². The standard InChI is InChI=1S/C21H19NO2/c1-2-24-20(23)14-13-18-15-19(16-9-5-3-6-10-16)22-21(18)17-11-7-4-8-12-17/h3-15,22H,2H2,1H3/b14-13+. The maximum Gasteiger partial charge on any atom is 0.330 e. The normalized spacial score (nSPS) is 10.9. The summed E-state index contributed by atoms with van der Waals surface area (Å²) in [4.78, 5) is 15.1. The Morgan fingerprint density at radius 1 is 1.00 bits per heavy atom. The second-order valence-electron chi connectivity index (χ2n) is 5.33. The SMILES string of the molecule is CCOC(=O)/C=C/c1cc(-c2ccccc2)[nH]c1-c1ccccc1. The monoisotopic (exact) mass is 317 g/mol. The molecule has 0 aliphatic carbocycles. The van der Waals surface area contributed by atoms with Crippen molar-refractivity contribution in [2.24, 2.45) is 0 Å². The van der Waals surface area contributed by atoms with E-state index in [4.69, 9.17) is 4.74 Å². The second-order valence-corrected chi connectivity index (χ2v) is 5.33. The molecule has 0 amide bonds. The largest absolute Gasteiger partial charge is 0.463 e. The maximum atomic E-state index is 11.6. The number of carbonyl (C=O) groups excluding carboxylic acids is 1. The highest BCUT2D eigenvalue weighted by Crippen LogP contribution is 2.29. The Kier molecular flexibility index (Phi) is 4.92. The van der Waals surface area contributed by atoms with Gasteiger partial charge in [-0.1, -0.05) is 60.7 Å². The van der Waals surface area contributed by atoms with E-state index in [-0.39, 0.29) is 5.97 Å². The molecule has 2 aromatic carbocycles. The van der Waals surface area contributed by atoms with Crippen LogP contribution in [0.25, 0.3) is 28.6 Å². The number of carbonyl (C=O) groups is 1. The van der Waals surface area contributed by atoms with Gasteiger partial charge in [0.1, 0.15) is 0 Å². The molecule has 0 unspecified atom stereocenters. The number of H-pyrrole nitrogens is 1. The van der Waals surface area contributed by atoms with Gasteiger partial charge in [0.05, 0.1) is 12.3 Å². The minimum absolute atomic E-state index is 0.334. The number of esters is 1. The van der Waals surface area contributed by atoms with E-state index in [2.05, 4.69) is 17.1 Å². The first-order valence-electron chi connectivity index (χ1n) is 7.96. The minimum atomic E-state index is -0.334. The van der Waals surface area contributed by atoms with Crippen molar-refractivity contribution in [1.82, 2.24) is 4.98 Å². The fourth-order valence-electron chi connectivity index (χ4n) is 2.57. The number of hydrogen-bond acceptors (Lipinski definition) is 2. The topological polar surface area (TPSA) is 42.1 Å². The van der Waals surface area contributed by atoms with Crippen LogP contribution < -0.4 is 0 Å². The first kappa shape index (κ1) is 15.8. The van der Waals surface area contributed by atoms with Crippen molar-refractivity contribution >= 4 is 12.0 Å². The smallest absolute Gasteiger partial charge is 0.330 e. The molecular formula is C21H19NO2. The zero-order chi connectivity index (χ0) is 16.8. The molecule has 0 atom stereocenters. The van der Waals surface area contributed by atoms with Crippen molar-refractivity contribution in [2.45, 2.75) is 6.92 Å². The van der Waals surface area contributed by atoms with Gasteiger partial charge < -0.3 is 9.72 Å². The molecular weight excluding hydrogens is 298 g/mol. The van der Waals surface area contributed by atoms with E-state index in [0.29, 0.717) is 6.61 Å². The average Bonchev–Trinajstić information content (AvgIpc) is 3.06. The highest BCUT2D eigenvalue weighted by atomic mass is 16.5. The molecule has 3 rings (SSSR count). The Bertz CT molecular complexity index is 833. The summed E-state index contributed by atoms with van der Waals surface area (Å²) in [5.74, 6) is -0.334. The van der Waals surface area contributed by atoms with Gasteiger partial charge in [0.2, 0.25) is 0 Å². The van der Waals surface area contributed by atoms with Gasteiger partial charge in [-0.2, -0.15) is 0 Å². The summed E-state index contributed by atoms with van der Waals surface area (Å²) in [5, 5.41) is 0. The third-order valence-electron chi connectivity index (χ3n) is 3.68. The van der Waals surface area contributed by atoms with Crippen LogP contribution in [-0.4, -0.2) is 17.6 Å². The van der Waals surface area contributed by atoms with Gasteiger partial charge in [0.25, 0.3) is 0 Å². The first-order chi connectivity index (χ1) is 11.8. The third-order valence-corrected chi connectivity index (χ3v) is 3.68. The number of aromatic nitrogens is 1. The number of nitrogens with one attached hydrogen (secondary N) is 1. The average molecular weight is 317 g/mol. The molecule has 3 heteroatoms. The molecule has 24 heavy (non-hydrogen) atoms. The molecule has 120 valence electrons. The van der Waals surface area contributed by atoms with Crippen LogP contribution in [0.2, 0.25) is 0 Å². The Morgan fingerprint density at radius 3 is 2.25 bits per heavy atom. The lowest BCUT2D eigenvalue weighted by Crippen LogP contribution is -1.98. The van der Waals surface area contributed by atoms with Crippen LogP contribution in [0.15, 0.2) is 72.8 Å². The van der Waals surface area contributed by atoms with Crippen LogP contribution in [0.5, 0.6) is 0 Å². The summed E-state index contributed by atoms with van der Waals surface area (Å²) in [5.41, 5.74) is 5.12. The van der Waals surface area contributed by atoms with E-state index >= 15 is 0 Å². The van der Waals surface area contributed by atoms with Crippen molar-refractivity contribution in [3.8, 4) is 22.5 Å². The van der Waals surface area contributed by atoms with Gasteiger partial charge in [-0.25, -0.2) is 4.79 Å². The van der Waals surface area contributed by atoms with Gasteiger partial charge in [-0.05, 0) is 30.2 Å². The molecule has 1 heterocycles. The molecule has 0 spiro atoms. The predicted molar refractivity (Wildman–Crippen MR) is 97.3 cm³/mol. The van der Waals surface area contributed by atoms with Gasteiger partial charge in [-0.3, -0.25) is 0 Å². The number of rotatable bonds is 5. The van der Waals surface area contributed by atoms with Crippen molar-refractivity contribution in [3.05, 3.63) is 78.4 Å². The Labute approximate surface area is 141 Å².